The van der Waals surface area contributed by atoms with Gasteiger partial charge in [-0.05, 0) is 19.1 Å². The maximum absolute atomic E-state index is 11.6. The molecule has 0 aliphatic carbocycles. The third-order valence-electron chi connectivity index (χ3n) is 2.02. The lowest BCUT2D eigenvalue weighted by Gasteiger charge is -2.03. The molecule has 1 aromatic heterocycles. The largest absolute Gasteiger partial charge is 0.299 e. The van der Waals surface area contributed by atoms with E-state index in [0.29, 0.717) is 5.56 Å². The van der Waals surface area contributed by atoms with Crippen molar-refractivity contribution in [3.63, 3.8) is 0 Å². The van der Waals surface area contributed by atoms with Crippen LogP contribution in [0.25, 0.3) is 0 Å². The number of rotatable bonds is 4. The van der Waals surface area contributed by atoms with Crippen molar-refractivity contribution in [2.24, 2.45) is 5.92 Å². The molecule has 0 spiro atoms. The van der Waals surface area contributed by atoms with Crippen molar-refractivity contribution in [2.45, 2.75) is 13.3 Å². The summed E-state index contributed by atoms with van der Waals surface area (Å²) in [4.78, 5) is 26.3. The Hall–Kier alpha value is -2.02. The summed E-state index contributed by atoms with van der Waals surface area (Å²) < 4.78 is 0. The Balaban J connectivity index is 2.73. The molecule has 0 aromatic carbocycles. The van der Waals surface area contributed by atoms with Gasteiger partial charge in [0.25, 0.3) is 0 Å². The quantitative estimate of drug-likeness (QED) is 0.691. The Bertz CT molecular complexity index is 406. The molecule has 0 saturated heterocycles. The highest BCUT2D eigenvalue weighted by Crippen LogP contribution is 2.09. The minimum Gasteiger partial charge on any atom is -0.299 e. The van der Waals surface area contributed by atoms with Crippen LogP contribution in [-0.4, -0.2) is 16.6 Å². The standard InChI is InChI=1S/C11H10N2O2/c1-8(14)10(6-12)5-11(15)9-3-2-4-13-7-9/h2-4,7,10H,5H2,1H3. The molecule has 0 aliphatic rings. The fourth-order valence-electron chi connectivity index (χ4n) is 1.11. The van der Waals surface area contributed by atoms with Crippen LogP contribution < -0.4 is 0 Å². The topological polar surface area (TPSA) is 70.8 Å². The second-order valence-electron chi connectivity index (χ2n) is 3.16. The van der Waals surface area contributed by atoms with Crippen molar-refractivity contribution in [1.82, 2.24) is 4.98 Å². The molecule has 4 nitrogen and oxygen atoms in total. The van der Waals surface area contributed by atoms with Crippen LogP contribution in [0.15, 0.2) is 24.5 Å². The van der Waals surface area contributed by atoms with Gasteiger partial charge in [0.2, 0.25) is 0 Å². The van der Waals surface area contributed by atoms with Gasteiger partial charge in [-0.1, -0.05) is 0 Å². The summed E-state index contributed by atoms with van der Waals surface area (Å²) in [6.45, 7) is 1.31. The van der Waals surface area contributed by atoms with Gasteiger partial charge >= 0.3 is 0 Å². The molecule has 1 atom stereocenters. The summed E-state index contributed by atoms with van der Waals surface area (Å²) in [5.74, 6) is -1.36. The van der Waals surface area contributed by atoms with Crippen LogP contribution in [0.5, 0.6) is 0 Å². The molecule has 4 heteroatoms. The summed E-state index contributed by atoms with van der Waals surface area (Å²) in [7, 11) is 0. The first kappa shape index (κ1) is 11.1. The van der Waals surface area contributed by atoms with Crippen LogP contribution in [0.2, 0.25) is 0 Å². The molecule has 1 aromatic rings. The van der Waals surface area contributed by atoms with Gasteiger partial charge < -0.3 is 0 Å². The number of aromatic nitrogens is 1. The van der Waals surface area contributed by atoms with E-state index in [1.54, 1.807) is 18.3 Å². The van der Waals surface area contributed by atoms with E-state index in [4.69, 9.17) is 5.26 Å². The molecular weight excluding hydrogens is 192 g/mol. The number of nitriles is 1. The molecule has 76 valence electrons. The Morgan fingerprint density at radius 1 is 1.60 bits per heavy atom. The first-order valence-electron chi connectivity index (χ1n) is 4.48. The average Bonchev–Trinajstić information content (AvgIpc) is 2.26. The van der Waals surface area contributed by atoms with Crippen LogP contribution in [-0.2, 0) is 4.79 Å². The van der Waals surface area contributed by atoms with Crippen LogP contribution in [0.4, 0.5) is 0 Å². The van der Waals surface area contributed by atoms with Gasteiger partial charge in [-0.15, -0.1) is 0 Å². The van der Waals surface area contributed by atoms with E-state index in [-0.39, 0.29) is 18.0 Å². The Kier molecular flexibility index (Phi) is 3.69. The van der Waals surface area contributed by atoms with E-state index in [1.807, 2.05) is 6.07 Å². The molecule has 0 fully saturated rings. The zero-order valence-corrected chi connectivity index (χ0v) is 8.30. The lowest BCUT2D eigenvalue weighted by Crippen LogP contribution is -2.14. The van der Waals surface area contributed by atoms with E-state index < -0.39 is 5.92 Å². The number of hydrogen-bond donors (Lipinski definition) is 0. The van der Waals surface area contributed by atoms with Gasteiger partial charge in [-0.2, -0.15) is 5.26 Å². The minimum absolute atomic E-state index is 0.0719. The third-order valence-corrected chi connectivity index (χ3v) is 2.02. The van der Waals surface area contributed by atoms with E-state index in [0.717, 1.165) is 0 Å². The average molecular weight is 202 g/mol. The fourth-order valence-corrected chi connectivity index (χ4v) is 1.11. The molecule has 1 heterocycles. The van der Waals surface area contributed by atoms with Crippen molar-refractivity contribution >= 4 is 11.6 Å². The number of ketones is 2. The molecule has 1 unspecified atom stereocenters. The summed E-state index contributed by atoms with van der Waals surface area (Å²) in [5.41, 5.74) is 0.430. The van der Waals surface area contributed by atoms with Crippen LogP contribution in [0, 0.1) is 17.2 Å². The van der Waals surface area contributed by atoms with Crippen molar-refractivity contribution in [3.8, 4) is 6.07 Å². The highest BCUT2D eigenvalue weighted by molar-refractivity contribution is 5.98. The van der Waals surface area contributed by atoms with Gasteiger partial charge in [-0.25, -0.2) is 0 Å². The molecule has 0 N–H and O–H groups in total. The predicted molar refractivity (Wildman–Crippen MR) is 53.0 cm³/mol. The second-order valence-corrected chi connectivity index (χ2v) is 3.16. The maximum atomic E-state index is 11.6. The lowest BCUT2D eigenvalue weighted by atomic mass is 9.97. The molecule has 0 radical (unpaired) electrons. The molecular formula is C11H10N2O2. The highest BCUT2D eigenvalue weighted by atomic mass is 16.1. The van der Waals surface area contributed by atoms with Crippen molar-refractivity contribution in [1.29, 1.82) is 5.26 Å². The fraction of sp³-hybridized carbons (Fsp3) is 0.273. The van der Waals surface area contributed by atoms with Crippen LogP contribution in [0.3, 0.4) is 0 Å². The van der Waals surface area contributed by atoms with E-state index in [1.165, 1.54) is 13.1 Å². The number of hydrogen-bond acceptors (Lipinski definition) is 4. The Morgan fingerprint density at radius 2 is 2.33 bits per heavy atom. The maximum Gasteiger partial charge on any atom is 0.166 e. The summed E-state index contributed by atoms with van der Waals surface area (Å²) in [6.07, 6.45) is 2.91. The first-order valence-corrected chi connectivity index (χ1v) is 4.48. The monoisotopic (exact) mass is 202 g/mol. The number of Topliss-reactive ketones (excluding diaryl/α,β-unsaturated/α-hetero) is 2. The minimum atomic E-state index is -0.849. The highest BCUT2D eigenvalue weighted by Gasteiger charge is 2.18. The second kappa shape index (κ2) is 5.01. The van der Waals surface area contributed by atoms with Crippen molar-refractivity contribution in [3.05, 3.63) is 30.1 Å². The zero-order valence-electron chi connectivity index (χ0n) is 8.30. The summed E-state index contributed by atoms with van der Waals surface area (Å²) >= 11 is 0. The Morgan fingerprint density at radius 3 is 2.80 bits per heavy atom. The van der Waals surface area contributed by atoms with Gasteiger partial charge in [0.1, 0.15) is 11.7 Å². The molecule has 1 rings (SSSR count). The number of carbonyl (C=O) groups excluding carboxylic acids is 2. The normalized spacial score (nSPS) is 11.5. The van der Waals surface area contributed by atoms with Crippen LogP contribution >= 0.6 is 0 Å². The van der Waals surface area contributed by atoms with Crippen molar-refractivity contribution in [2.75, 3.05) is 0 Å². The lowest BCUT2D eigenvalue weighted by molar-refractivity contribution is -0.119. The molecule has 15 heavy (non-hydrogen) atoms. The van der Waals surface area contributed by atoms with Gasteiger partial charge in [0, 0.05) is 24.4 Å². The number of nitrogens with zero attached hydrogens (tertiary/aromatic N) is 2. The van der Waals surface area contributed by atoms with E-state index in [2.05, 4.69) is 4.98 Å². The Labute approximate surface area is 87.6 Å². The molecule has 0 aliphatic heterocycles. The van der Waals surface area contributed by atoms with Crippen molar-refractivity contribution < 1.29 is 9.59 Å². The predicted octanol–water partition coefficient (Wildman–Crippen LogP) is 1.38. The molecule has 0 bridgehead atoms. The van der Waals surface area contributed by atoms with Gasteiger partial charge in [0.15, 0.2) is 5.78 Å². The van der Waals surface area contributed by atoms with E-state index >= 15 is 0 Å². The third kappa shape index (κ3) is 2.99. The smallest absolute Gasteiger partial charge is 0.166 e. The van der Waals surface area contributed by atoms with Gasteiger partial charge in [-0.3, -0.25) is 14.6 Å². The van der Waals surface area contributed by atoms with E-state index in [9.17, 15) is 9.59 Å². The van der Waals surface area contributed by atoms with Gasteiger partial charge in [0.05, 0.1) is 6.07 Å². The first-order chi connectivity index (χ1) is 7.15. The molecule has 0 amide bonds. The number of pyridine rings is 1. The summed E-state index contributed by atoms with van der Waals surface area (Å²) in [6, 6.07) is 5.07. The SMILES string of the molecule is CC(=O)C(C#N)CC(=O)c1cccnc1. The molecule has 0 saturated carbocycles. The summed E-state index contributed by atoms with van der Waals surface area (Å²) in [5, 5.41) is 8.65. The number of carbonyl (C=O) groups is 2. The zero-order chi connectivity index (χ0) is 11.3. The van der Waals surface area contributed by atoms with Crippen LogP contribution in [0.1, 0.15) is 23.7 Å².